The van der Waals surface area contributed by atoms with Gasteiger partial charge >= 0.3 is 18.1 Å². The number of H-pyrrole nitrogens is 1. The van der Waals surface area contributed by atoms with Crippen LogP contribution in [0.15, 0.2) is 10.9 Å². The number of alkyl halides is 3. The fourth-order valence-electron chi connectivity index (χ4n) is 3.39. The second-order valence-corrected chi connectivity index (χ2v) is 6.63. The van der Waals surface area contributed by atoms with Crippen LogP contribution in [0.1, 0.15) is 17.4 Å². The molecule has 0 spiro atoms. The lowest BCUT2D eigenvalue weighted by molar-refractivity contribution is -0.203. The first-order valence-electron chi connectivity index (χ1n) is 9.24. The largest absolute Gasteiger partial charge is 0.493 e. The predicted octanol–water partition coefficient (Wildman–Crippen LogP) is 0.0205. The molecule has 1 aromatic rings. The van der Waals surface area contributed by atoms with Gasteiger partial charge in [-0.05, 0) is 13.0 Å². The van der Waals surface area contributed by atoms with E-state index >= 15 is 0 Å². The third-order valence-electron chi connectivity index (χ3n) is 4.72. The summed E-state index contributed by atoms with van der Waals surface area (Å²) in [6, 6.07) is 1.11. The summed E-state index contributed by atoms with van der Waals surface area (Å²) in [5, 5.41) is 3.82. The van der Waals surface area contributed by atoms with E-state index in [-0.39, 0.29) is 23.6 Å². The summed E-state index contributed by atoms with van der Waals surface area (Å²) in [5.74, 6) is 2.09. The number of methoxy groups -OCH3 is 1. The maximum absolute atomic E-state index is 13.0. The topological polar surface area (TPSA) is 107 Å². The molecule has 1 fully saturated rings. The number of esters is 1. The van der Waals surface area contributed by atoms with Crippen LogP contribution in [-0.2, 0) is 14.4 Å². The zero-order valence-electron chi connectivity index (χ0n) is 16.7. The highest BCUT2D eigenvalue weighted by molar-refractivity contribution is 5.91. The number of anilines is 2. The molecule has 10 nitrogen and oxygen atoms in total. The summed E-state index contributed by atoms with van der Waals surface area (Å²) in [6.45, 7) is 3.41. The lowest BCUT2D eigenvalue weighted by Crippen LogP contribution is -2.61. The van der Waals surface area contributed by atoms with Crippen molar-refractivity contribution >= 4 is 23.3 Å². The Bertz CT molecular complexity index is 978. The number of hydroxylamine groups is 1. The van der Waals surface area contributed by atoms with Gasteiger partial charge in [0.2, 0.25) is 0 Å². The SMILES string of the molecule is CC#CCN1c2c(cc(C(=O)OC)[nH]c2=O)N(OC(=O)C(F)(F)F)C1N1CCNCC1. The molecule has 0 aromatic carbocycles. The molecule has 2 aliphatic rings. The van der Waals surface area contributed by atoms with Gasteiger partial charge in [0.1, 0.15) is 17.1 Å². The number of hydrogen-bond acceptors (Lipinski definition) is 9. The molecule has 3 heterocycles. The van der Waals surface area contributed by atoms with Gasteiger partial charge in [-0.25, -0.2) is 9.59 Å². The van der Waals surface area contributed by atoms with Gasteiger partial charge in [-0.15, -0.1) is 5.92 Å². The van der Waals surface area contributed by atoms with Crippen LogP contribution in [0.25, 0.3) is 0 Å². The lowest BCUT2D eigenvalue weighted by Gasteiger charge is -2.40. The minimum Gasteiger partial charge on any atom is -0.464 e. The summed E-state index contributed by atoms with van der Waals surface area (Å²) in [6.07, 6.45) is -6.34. The van der Waals surface area contributed by atoms with E-state index < -0.39 is 30.0 Å². The van der Waals surface area contributed by atoms with Crippen LogP contribution >= 0.6 is 0 Å². The molecule has 168 valence electrons. The summed E-state index contributed by atoms with van der Waals surface area (Å²) in [5.41, 5.74) is -1.32. The Labute approximate surface area is 174 Å². The normalized spacial score (nSPS) is 18.8. The maximum Gasteiger partial charge on any atom is 0.493 e. The van der Waals surface area contributed by atoms with Crippen LogP contribution in [0.5, 0.6) is 0 Å². The van der Waals surface area contributed by atoms with Gasteiger partial charge in [0, 0.05) is 26.2 Å². The highest BCUT2D eigenvalue weighted by Gasteiger charge is 2.49. The van der Waals surface area contributed by atoms with Gasteiger partial charge in [-0.1, -0.05) is 5.92 Å². The van der Waals surface area contributed by atoms with Gasteiger partial charge in [0.25, 0.3) is 5.56 Å². The number of ether oxygens (including phenoxy) is 1. The second-order valence-electron chi connectivity index (χ2n) is 6.63. The molecule has 1 unspecified atom stereocenters. The maximum atomic E-state index is 13.0. The highest BCUT2D eigenvalue weighted by atomic mass is 19.4. The molecule has 31 heavy (non-hydrogen) atoms. The van der Waals surface area contributed by atoms with Gasteiger partial charge in [0.05, 0.1) is 13.7 Å². The molecule has 3 rings (SSSR count). The number of pyridine rings is 1. The number of piperazine rings is 1. The Balaban J connectivity index is 2.16. The Morgan fingerprint density at radius 1 is 1.29 bits per heavy atom. The number of nitrogens with one attached hydrogen (secondary N) is 2. The van der Waals surface area contributed by atoms with E-state index in [2.05, 4.69) is 26.9 Å². The Hall–Kier alpha value is -3.24. The molecule has 13 heteroatoms. The lowest BCUT2D eigenvalue weighted by atomic mass is 10.2. The van der Waals surface area contributed by atoms with Crippen molar-refractivity contribution in [2.24, 2.45) is 0 Å². The zero-order chi connectivity index (χ0) is 22.8. The van der Waals surface area contributed by atoms with Crippen molar-refractivity contribution in [3.05, 3.63) is 22.1 Å². The number of halogens is 3. The number of rotatable bonds is 4. The number of carbonyl (C=O) groups excluding carboxylic acids is 2. The third kappa shape index (κ3) is 4.44. The van der Waals surface area contributed by atoms with E-state index in [0.29, 0.717) is 31.2 Å². The quantitative estimate of drug-likeness (QED) is 0.492. The van der Waals surface area contributed by atoms with Gasteiger partial charge < -0.3 is 24.8 Å². The van der Waals surface area contributed by atoms with Crippen LogP contribution < -0.4 is 20.8 Å². The fraction of sp³-hybridized carbons (Fsp3) is 0.500. The summed E-state index contributed by atoms with van der Waals surface area (Å²) in [7, 11) is 1.09. The molecule has 0 aliphatic carbocycles. The zero-order valence-corrected chi connectivity index (χ0v) is 16.7. The molecule has 1 atom stereocenters. The second kappa shape index (κ2) is 8.86. The summed E-state index contributed by atoms with van der Waals surface area (Å²) >= 11 is 0. The van der Waals surface area contributed by atoms with Gasteiger partial charge in [-0.3, -0.25) is 9.69 Å². The molecule has 2 N–H and O–H groups in total. The van der Waals surface area contributed by atoms with Crippen molar-refractivity contribution in [1.82, 2.24) is 15.2 Å². The molecular weight excluding hydrogens is 423 g/mol. The van der Waals surface area contributed by atoms with E-state index in [1.807, 2.05) is 0 Å². The molecule has 0 saturated carbocycles. The molecule has 1 aromatic heterocycles. The van der Waals surface area contributed by atoms with Crippen LogP contribution in [-0.4, -0.2) is 74.1 Å². The van der Waals surface area contributed by atoms with Crippen LogP contribution in [0.2, 0.25) is 0 Å². The average molecular weight is 443 g/mol. The average Bonchev–Trinajstić information content (AvgIpc) is 3.05. The standard InChI is InChI=1S/C18H20F3N5O5/c1-3-4-7-25-13-12(10-11(15(28)30-2)23-14(13)27)26(31-16(29)18(19,20)21)17(25)24-8-5-22-6-9-24/h10,17,22H,5-9H2,1-2H3,(H,23,27). The van der Waals surface area contributed by atoms with E-state index in [0.717, 1.165) is 13.2 Å². The Morgan fingerprint density at radius 2 is 1.97 bits per heavy atom. The van der Waals surface area contributed by atoms with Gasteiger partial charge in [0.15, 0.2) is 6.29 Å². The first kappa shape index (κ1) is 22.4. The minimum atomic E-state index is -5.27. The Morgan fingerprint density at radius 3 is 2.55 bits per heavy atom. The van der Waals surface area contributed by atoms with Crippen molar-refractivity contribution in [2.75, 3.05) is 49.8 Å². The number of carbonyl (C=O) groups is 2. The number of hydrogen-bond donors (Lipinski definition) is 2. The summed E-state index contributed by atoms with van der Waals surface area (Å²) in [4.78, 5) is 46.7. The number of aromatic nitrogens is 1. The van der Waals surface area contributed by atoms with Crippen molar-refractivity contribution in [3.8, 4) is 11.8 Å². The summed E-state index contributed by atoms with van der Waals surface area (Å²) < 4.78 is 43.5. The predicted molar refractivity (Wildman–Crippen MR) is 102 cm³/mol. The van der Waals surface area contributed by atoms with E-state index in [1.165, 1.54) is 4.90 Å². The molecule has 2 aliphatic heterocycles. The molecule has 0 amide bonds. The van der Waals surface area contributed by atoms with Gasteiger partial charge in [-0.2, -0.15) is 18.2 Å². The minimum absolute atomic E-state index is 0.0290. The fourth-order valence-corrected chi connectivity index (χ4v) is 3.39. The van der Waals surface area contributed by atoms with Crippen molar-refractivity contribution < 1.29 is 32.3 Å². The van der Waals surface area contributed by atoms with Crippen LogP contribution in [0.3, 0.4) is 0 Å². The highest BCUT2D eigenvalue weighted by Crippen LogP contribution is 2.39. The van der Waals surface area contributed by atoms with Crippen molar-refractivity contribution in [2.45, 2.75) is 19.4 Å². The molecular formula is C18H20F3N5O5. The van der Waals surface area contributed by atoms with E-state index in [1.54, 1.807) is 11.8 Å². The third-order valence-corrected chi connectivity index (χ3v) is 4.72. The smallest absolute Gasteiger partial charge is 0.464 e. The number of aromatic amines is 1. The molecule has 0 radical (unpaired) electrons. The molecule has 0 bridgehead atoms. The Kier molecular flexibility index (Phi) is 6.42. The first-order valence-corrected chi connectivity index (χ1v) is 9.24. The number of nitrogens with zero attached hydrogens (tertiary/aromatic N) is 3. The van der Waals surface area contributed by atoms with E-state index in [9.17, 15) is 27.6 Å². The van der Waals surface area contributed by atoms with Crippen LogP contribution in [0, 0.1) is 11.8 Å². The molecule has 1 saturated heterocycles. The van der Waals surface area contributed by atoms with Crippen molar-refractivity contribution in [1.29, 1.82) is 0 Å². The first-order chi connectivity index (χ1) is 14.7. The van der Waals surface area contributed by atoms with Crippen LogP contribution in [0.4, 0.5) is 24.5 Å². The monoisotopic (exact) mass is 443 g/mol. The number of fused-ring (bicyclic) bond motifs is 1. The van der Waals surface area contributed by atoms with E-state index in [4.69, 9.17) is 4.84 Å². The van der Waals surface area contributed by atoms with Crippen molar-refractivity contribution in [3.63, 3.8) is 0 Å².